The van der Waals surface area contributed by atoms with Crippen LogP contribution in [-0.4, -0.2) is 4.57 Å². The smallest absolute Gasteiger partial charge is 0.0527 e. The summed E-state index contributed by atoms with van der Waals surface area (Å²) in [5.74, 6) is 0. The third kappa shape index (κ3) is 2.74. The van der Waals surface area contributed by atoms with Gasteiger partial charge in [-0.3, -0.25) is 0 Å². The Hall–Kier alpha value is -2.54. The highest BCUT2D eigenvalue weighted by molar-refractivity contribution is 6.09. The predicted octanol–water partition coefficient (Wildman–Crippen LogP) is 6.28. The molecular weight excluding hydrogens is 302 g/mol. The van der Waals surface area contributed by atoms with Crippen molar-refractivity contribution in [3.63, 3.8) is 0 Å². The van der Waals surface area contributed by atoms with E-state index in [1.54, 1.807) is 0 Å². The highest BCUT2D eigenvalue weighted by Gasteiger charge is 2.13. The van der Waals surface area contributed by atoms with Crippen molar-refractivity contribution in [1.29, 1.82) is 0 Å². The van der Waals surface area contributed by atoms with Gasteiger partial charge in [-0.1, -0.05) is 67.1 Å². The van der Waals surface area contributed by atoms with Crippen LogP contribution in [0.15, 0.2) is 60.7 Å². The van der Waals surface area contributed by atoms with Crippen molar-refractivity contribution in [2.24, 2.45) is 0 Å². The number of rotatable bonds is 4. The minimum absolute atomic E-state index is 0.988. The molecule has 4 aromatic rings. The SMILES string of the molecule is CCc1cc(C)cc(Cc2cccc3c4ccccc4n(CC)c23)c1. The number of para-hydroxylation sites is 2. The third-order valence-corrected chi connectivity index (χ3v) is 5.19. The molecule has 1 nitrogen and oxygen atoms in total. The van der Waals surface area contributed by atoms with E-state index in [0.717, 1.165) is 19.4 Å². The minimum atomic E-state index is 0.988. The quantitative estimate of drug-likeness (QED) is 0.416. The first-order valence-electron chi connectivity index (χ1n) is 9.29. The first kappa shape index (κ1) is 16.0. The summed E-state index contributed by atoms with van der Waals surface area (Å²) in [5, 5.41) is 2.73. The number of nitrogens with zero attached hydrogens (tertiary/aromatic N) is 1. The van der Waals surface area contributed by atoms with Crippen molar-refractivity contribution in [2.45, 2.75) is 40.2 Å². The molecule has 0 N–H and O–H groups in total. The molecule has 1 aromatic heterocycles. The molecular formula is C24H25N. The number of aromatic nitrogens is 1. The van der Waals surface area contributed by atoms with Gasteiger partial charge in [0.2, 0.25) is 0 Å². The molecule has 0 amide bonds. The molecule has 0 atom stereocenters. The van der Waals surface area contributed by atoms with E-state index in [0.29, 0.717) is 0 Å². The number of fused-ring (bicyclic) bond motifs is 3. The zero-order valence-corrected chi connectivity index (χ0v) is 15.3. The molecule has 0 unspecified atom stereocenters. The molecule has 25 heavy (non-hydrogen) atoms. The minimum Gasteiger partial charge on any atom is -0.341 e. The van der Waals surface area contributed by atoms with E-state index in [4.69, 9.17) is 0 Å². The summed E-state index contributed by atoms with van der Waals surface area (Å²) in [6.45, 7) is 7.67. The van der Waals surface area contributed by atoms with E-state index in [9.17, 15) is 0 Å². The Morgan fingerprint density at radius 1 is 0.800 bits per heavy atom. The Balaban J connectivity index is 1.92. The fourth-order valence-corrected chi connectivity index (χ4v) is 4.13. The predicted molar refractivity (Wildman–Crippen MR) is 108 cm³/mol. The maximum atomic E-state index is 2.47. The molecule has 0 fully saturated rings. The van der Waals surface area contributed by atoms with Crippen LogP contribution in [0.2, 0.25) is 0 Å². The molecule has 126 valence electrons. The molecule has 0 aliphatic carbocycles. The average molecular weight is 327 g/mol. The van der Waals surface area contributed by atoms with Crippen LogP contribution in [0.5, 0.6) is 0 Å². The monoisotopic (exact) mass is 327 g/mol. The molecule has 1 heteroatoms. The van der Waals surface area contributed by atoms with Gasteiger partial charge in [0.15, 0.2) is 0 Å². The third-order valence-electron chi connectivity index (χ3n) is 5.19. The van der Waals surface area contributed by atoms with Crippen molar-refractivity contribution in [3.05, 3.63) is 82.9 Å². The fraction of sp³-hybridized carbons (Fsp3) is 0.250. The topological polar surface area (TPSA) is 4.93 Å². The molecule has 0 radical (unpaired) electrons. The zero-order valence-electron chi connectivity index (χ0n) is 15.3. The van der Waals surface area contributed by atoms with Crippen LogP contribution >= 0.6 is 0 Å². The van der Waals surface area contributed by atoms with E-state index in [2.05, 4.69) is 86.0 Å². The van der Waals surface area contributed by atoms with Crippen LogP contribution in [0.4, 0.5) is 0 Å². The van der Waals surface area contributed by atoms with Gasteiger partial charge in [-0.2, -0.15) is 0 Å². The van der Waals surface area contributed by atoms with Crippen molar-refractivity contribution in [1.82, 2.24) is 4.57 Å². The number of hydrogen-bond donors (Lipinski definition) is 0. The summed E-state index contributed by atoms with van der Waals surface area (Å²) >= 11 is 0. The number of aryl methyl sites for hydroxylation is 3. The van der Waals surface area contributed by atoms with E-state index in [-0.39, 0.29) is 0 Å². The molecule has 1 heterocycles. The second kappa shape index (κ2) is 6.40. The summed E-state index contributed by atoms with van der Waals surface area (Å²) in [6, 6.07) is 22.5. The van der Waals surface area contributed by atoms with Crippen molar-refractivity contribution < 1.29 is 0 Å². The van der Waals surface area contributed by atoms with Gasteiger partial charge in [-0.15, -0.1) is 0 Å². The van der Waals surface area contributed by atoms with Crippen LogP contribution in [0.3, 0.4) is 0 Å². The van der Waals surface area contributed by atoms with Crippen LogP contribution in [0, 0.1) is 6.92 Å². The lowest BCUT2D eigenvalue weighted by molar-refractivity contribution is 0.823. The Morgan fingerprint density at radius 2 is 1.56 bits per heavy atom. The van der Waals surface area contributed by atoms with Gasteiger partial charge in [0.1, 0.15) is 0 Å². The largest absolute Gasteiger partial charge is 0.341 e. The summed E-state index contributed by atoms with van der Waals surface area (Å²) in [4.78, 5) is 0. The number of benzene rings is 3. The van der Waals surface area contributed by atoms with Crippen LogP contribution < -0.4 is 0 Å². The van der Waals surface area contributed by atoms with Gasteiger partial charge in [-0.05, 0) is 49.4 Å². The van der Waals surface area contributed by atoms with Gasteiger partial charge in [-0.25, -0.2) is 0 Å². The molecule has 0 bridgehead atoms. The maximum absolute atomic E-state index is 2.47. The van der Waals surface area contributed by atoms with Crippen LogP contribution in [0.25, 0.3) is 21.8 Å². The normalized spacial score (nSPS) is 11.5. The average Bonchev–Trinajstić information content (AvgIpc) is 2.96. The molecule has 4 rings (SSSR count). The first-order chi connectivity index (χ1) is 12.2. The Morgan fingerprint density at radius 3 is 2.36 bits per heavy atom. The molecule has 0 spiro atoms. The van der Waals surface area contributed by atoms with E-state index in [1.165, 1.54) is 44.1 Å². The van der Waals surface area contributed by atoms with Crippen molar-refractivity contribution >= 4 is 21.8 Å². The summed E-state index contributed by atoms with van der Waals surface area (Å²) < 4.78 is 2.47. The lowest BCUT2D eigenvalue weighted by Gasteiger charge is -2.11. The second-order valence-corrected chi connectivity index (χ2v) is 6.93. The summed E-state index contributed by atoms with van der Waals surface area (Å²) in [6.07, 6.45) is 2.08. The van der Waals surface area contributed by atoms with Gasteiger partial charge in [0, 0.05) is 22.8 Å². The van der Waals surface area contributed by atoms with E-state index < -0.39 is 0 Å². The van der Waals surface area contributed by atoms with Gasteiger partial charge < -0.3 is 4.57 Å². The highest BCUT2D eigenvalue weighted by Crippen LogP contribution is 2.32. The van der Waals surface area contributed by atoms with Gasteiger partial charge in [0.25, 0.3) is 0 Å². The summed E-state index contributed by atoms with van der Waals surface area (Å²) in [7, 11) is 0. The summed E-state index contributed by atoms with van der Waals surface area (Å²) in [5.41, 5.74) is 8.35. The van der Waals surface area contributed by atoms with Gasteiger partial charge >= 0.3 is 0 Å². The van der Waals surface area contributed by atoms with Crippen molar-refractivity contribution in [2.75, 3.05) is 0 Å². The zero-order chi connectivity index (χ0) is 17.4. The van der Waals surface area contributed by atoms with Gasteiger partial charge in [0.05, 0.1) is 5.52 Å². The van der Waals surface area contributed by atoms with Crippen molar-refractivity contribution in [3.8, 4) is 0 Å². The van der Waals surface area contributed by atoms with Crippen LogP contribution in [0.1, 0.15) is 36.1 Å². The van der Waals surface area contributed by atoms with Crippen LogP contribution in [-0.2, 0) is 19.4 Å². The lowest BCUT2D eigenvalue weighted by Crippen LogP contribution is -1.98. The fourth-order valence-electron chi connectivity index (χ4n) is 4.13. The molecule has 0 aliphatic heterocycles. The van der Waals surface area contributed by atoms with E-state index >= 15 is 0 Å². The maximum Gasteiger partial charge on any atom is 0.0527 e. The Bertz CT molecular complexity index is 1050. The first-order valence-corrected chi connectivity index (χ1v) is 9.29. The van der Waals surface area contributed by atoms with E-state index in [1.807, 2.05) is 0 Å². The number of hydrogen-bond acceptors (Lipinski definition) is 0. The molecule has 0 saturated carbocycles. The lowest BCUT2D eigenvalue weighted by atomic mass is 9.98. The second-order valence-electron chi connectivity index (χ2n) is 6.93. The molecule has 0 saturated heterocycles. The highest BCUT2D eigenvalue weighted by atomic mass is 15.0. The molecule has 3 aromatic carbocycles. The Kier molecular flexibility index (Phi) is 4.09. The standard InChI is InChI=1S/C24H25N/c1-4-18-13-17(3)14-19(15-18)16-20-9-8-11-22-21-10-6-7-12-23(21)25(5-2)24(20)22/h6-15H,4-5,16H2,1-3H3. The Labute approximate surface area is 149 Å². The molecule has 0 aliphatic rings.